The number of fused-ring (bicyclic) bond motifs is 3. The number of hydrogen-bond donors (Lipinski definition) is 2. The van der Waals surface area contributed by atoms with E-state index in [2.05, 4.69) is 29.6 Å². The molecular weight excluding hydrogens is 350 g/mol. The summed E-state index contributed by atoms with van der Waals surface area (Å²) < 4.78 is 5.59. The number of ether oxygens (including phenoxy) is 1. The molecule has 0 spiro atoms. The van der Waals surface area contributed by atoms with Gasteiger partial charge in [0.15, 0.2) is 0 Å². The second-order valence-corrected chi connectivity index (χ2v) is 8.05. The Kier molecular flexibility index (Phi) is 5.96. The molecule has 2 aromatic rings. The maximum Gasteiger partial charge on any atom is 0.407 e. The predicted molar refractivity (Wildman–Crippen MR) is 110 cm³/mol. The van der Waals surface area contributed by atoms with E-state index >= 15 is 0 Å². The lowest BCUT2D eigenvalue weighted by Crippen LogP contribution is -2.36. The average Bonchev–Trinajstić information content (AvgIpc) is 3.07. The molecule has 0 saturated heterocycles. The number of benzene rings is 2. The number of carbonyl (C=O) groups is 1. The molecule has 4 nitrogen and oxygen atoms in total. The van der Waals surface area contributed by atoms with E-state index in [0.717, 1.165) is 12.8 Å². The molecule has 1 saturated carbocycles. The molecule has 1 atom stereocenters. The Balaban J connectivity index is 1.35. The largest absolute Gasteiger partial charge is 0.449 e. The summed E-state index contributed by atoms with van der Waals surface area (Å²) in [5, 5.41) is 12.6. The Morgan fingerprint density at radius 1 is 1.00 bits per heavy atom. The molecule has 0 radical (unpaired) electrons. The summed E-state index contributed by atoms with van der Waals surface area (Å²) in [5.74, 6) is 0.707. The molecule has 4 heteroatoms. The van der Waals surface area contributed by atoms with E-state index in [1.54, 1.807) is 0 Å². The molecule has 28 heavy (non-hydrogen) atoms. The van der Waals surface area contributed by atoms with Crippen molar-refractivity contribution in [1.29, 1.82) is 0 Å². The first kappa shape index (κ1) is 19.0. The SMILES string of the molecule is O=C(NCC(CO)C1CCCCC1)OCC1c2ccccc2-c2ccccc21. The monoisotopic (exact) mass is 379 g/mol. The van der Waals surface area contributed by atoms with E-state index in [-0.39, 0.29) is 18.4 Å². The Hall–Kier alpha value is -2.33. The van der Waals surface area contributed by atoms with Gasteiger partial charge in [-0.05, 0) is 28.2 Å². The Morgan fingerprint density at radius 3 is 2.21 bits per heavy atom. The second kappa shape index (κ2) is 8.78. The minimum absolute atomic E-state index is 0.0742. The fourth-order valence-electron chi connectivity index (χ4n) is 4.85. The first-order valence-corrected chi connectivity index (χ1v) is 10.5. The first-order chi connectivity index (χ1) is 13.8. The highest BCUT2D eigenvalue weighted by molar-refractivity contribution is 5.79. The van der Waals surface area contributed by atoms with Crippen LogP contribution >= 0.6 is 0 Å². The average molecular weight is 380 g/mol. The van der Waals surface area contributed by atoms with E-state index in [1.165, 1.54) is 41.5 Å². The number of hydrogen-bond acceptors (Lipinski definition) is 3. The van der Waals surface area contributed by atoms with Crippen molar-refractivity contribution in [3.8, 4) is 11.1 Å². The predicted octanol–water partition coefficient (Wildman–Crippen LogP) is 4.71. The van der Waals surface area contributed by atoms with Gasteiger partial charge in [0.25, 0.3) is 0 Å². The fraction of sp³-hybridized carbons (Fsp3) is 0.458. The zero-order valence-corrected chi connectivity index (χ0v) is 16.3. The van der Waals surface area contributed by atoms with Gasteiger partial charge in [0, 0.05) is 25.0 Å². The molecule has 1 fully saturated rings. The summed E-state index contributed by atoms with van der Waals surface area (Å²) in [7, 11) is 0. The van der Waals surface area contributed by atoms with Gasteiger partial charge in [-0.1, -0.05) is 80.6 Å². The van der Waals surface area contributed by atoms with Crippen molar-refractivity contribution in [2.45, 2.75) is 38.0 Å². The van der Waals surface area contributed by atoms with Crippen LogP contribution in [0.25, 0.3) is 11.1 Å². The number of amides is 1. The summed E-state index contributed by atoms with van der Waals surface area (Å²) in [6.07, 6.45) is 5.65. The molecule has 0 heterocycles. The molecule has 1 unspecified atom stereocenters. The van der Waals surface area contributed by atoms with Crippen LogP contribution in [0, 0.1) is 11.8 Å². The molecule has 2 aromatic carbocycles. The van der Waals surface area contributed by atoms with Crippen molar-refractivity contribution >= 4 is 6.09 Å². The van der Waals surface area contributed by atoms with Crippen LogP contribution in [-0.4, -0.2) is 31.0 Å². The highest BCUT2D eigenvalue weighted by Gasteiger charge is 2.29. The van der Waals surface area contributed by atoms with Crippen molar-refractivity contribution in [2.75, 3.05) is 19.8 Å². The maximum atomic E-state index is 12.3. The quantitative estimate of drug-likeness (QED) is 0.764. The molecule has 0 bridgehead atoms. The van der Waals surface area contributed by atoms with Crippen LogP contribution in [0.1, 0.15) is 49.1 Å². The van der Waals surface area contributed by atoms with Gasteiger partial charge in [-0.25, -0.2) is 4.79 Å². The normalized spacial score (nSPS) is 17.6. The van der Waals surface area contributed by atoms with Crippen molar-refractivity contribution in [3.05, 3.63) is 59.7 Å². The van der Waals surface area contributed by atoms with Gasteiger partial charge < -0.3 is 15.2 Å². The van der Waals surface area contributed by atoms with Crippen LogP contribution in [0.3, 0.4) is 0 Å². The molecule has 1 amide bonds. The topological polar surface area (TPSA) is 58.6 Å². The molecule has 2 N–H and O–H groups in total. The van der Waals surface area contributed by atoms with Crippen LogP contribution in [-0.2, 0) is 4.74 Å². The summed E-state index contributed by atoms with van der Waals surface area (Å²) >= 11 is 0. The third kappa shape index (κ3) is 3.93. The van der Waals surface area contributed by atoms with Gasteiger partial charge in [-0.3, -0.25) is 0 Å². The van der Waals surface area contributed by atoms with E-state index < -0.39 is 6.09 Å². The van der Waals surface area contributed by atoms with Crippen molar-refractivity contribution < 1.29 is 14.6 Å². The molecule has 0 aliphatic heterocycles. The number of aliphatic hydroxyl groups excluding tert-OH is 1. The van der Waals surface area contributed by atoms with Crippen LogP contribution in [0.2, 0.25) is 0 Å². The first-order valence-electron chi connectivity index (χ1n) is 10.5. The highest BCUT2D eigenvalue weighted by Crippen LogP contribution is 2.44. The number of rotatable bonds is 6. The Morgan fingerprint density at radius 2 is 1.61 bits per heavy atom. The minimum atomic E-state index is -0.392. The van der Waals surface area contributed by atoms with Gasteiger partial charge in [-0.15, -0.1) is 0 Å². The van der Waals surface area contributed by atoms with Crippen LogP contribution in [0.4, 0.5) is 4.79 Å². The summed E-state index contributed by atoms with van der Waals surface area (Å²) in [6.45, 7) is 0.930. The van der Waals surface area contributed by atoms with Gasteiger partial charge in [0.05, 0.1) is 0 Å². The lowest BCUT2D eigenvalue weighted by atomic mass is 9.80. The molecule has 2 aliphatic carbocycles. The molecule has 2 aliphatic rings. The van der Waals surface area contributed by atoms with E-state index in [1.807, 2.05) is 24.3 Å². The number of alkyl carbamates (subject to hydrolysis) is 1. The van der Waals surface area contributed by atoms with Crippen molar-refractivity contribution in [2.24, 2.45) is 11.8 Å². The Bertz CT molecular complexity index is 768. The molecule has 0 aromatic heterocycles. The Labute approximate surface area is 166 Å². The smallest absolute Gasteiger partial charge is 0.407 e. The van der Waals surface area contributed by atoms with E-state index in [9.17, 15) is 9.90 Å². The summed E-state index contributed by atoms with van der Waals surface area (Å²) in [5.41, 5.74) is 4.88. The van der Waals surface area contributed by atoms with Crippen molar-refractivity contribution in [1.82, 2.24) is 5.32 Å². The second-order valence-electron chi connectivity index (χ2n) is 8.05. The lowest BCUT2D eigenvalue weighted by molar-refractivity contribution is 0.123. The molecular formula is C24H29NO3. The molecule has 148 valence electrons. The zero-order valence-electron chi connectivity index (χ0n) is 16.3. The van der Waals surface area contributed by atoms with Gasteiger partial charge in [-0.2, -0.15) is 0 Å². The summed E-state index contributed by atoms with van der Waals surface area (Å²) in [4.78, 5) is 12.3. The number of aliphatic hydroxyl groups is 1. The van der Waals surface area contributed by atoms with Crippen molar-refractivity contribution in [3.63, 3.8) is 0 Å². The summed E-state index contributed by atoms with van der Waals surface area (Å²) in [6, 6.07) is 16.7. The minimum Gasteiger partial charge on any atom is -0.449 e. The fourth-order valence-corrected chi connectivity index (χ4v) is 4.85. The van der Waals surface area contributed by atoms with E-state index in [4.69, 9.17) is 4.74 Å². The van der Waals surface area contributed by atoms with Crippen LogP contribution in [0.15, 0.2) is 48.5 Å². The third-order valence-electron chi connectivity index (χ3n) is 6.40. The molecule has 4 rings (SSSR count). The van der Waals surface area contributed by atoms with Gasteiger partial charge in [0.1, 0.15) is 6.61 Å². The maximum absolute atomic E-state index is 12.3. The lowest BCUT2D eigenvalue weighted by Gasteiger charge is -2.29. The standard InChI is InChI=1S/C24H29NO3/c26-15-18(17-8-2-1-3-9-17)14-25-24(27)28-16-23-21-12-6-4-10-19(21)20-11-5-7-13-22(20)23/h4-7,10-13,17-18,23,26H,1-3,8-9,14-16H2,(H,25,27). The zero-order chi connectivity index (χ0) is 19.3. The van der Waals surface area contributed by atoms with Crippen LogP contribution in [0.5, 0.6) is 0 Å². The van der Waals surface area contributed by atoms with Gasteiger partial charge >= 0.3 is 6.09 Å². The van der Waals surface area contributed by atoms with Crippen LogP contribution < -0.4 is 5.32 Å². The highest BCUT2D eigenvalue weighted by atomic mass is 16.5. The van der Waals surface area contributed by atoms with E-state index in [0.29, 0.717) is 19.1 Å². The number of nitrogens with one attached hydrogen (secondary N) is 1. The van der Waals surface area contributed by atoms with Gasteiger partial charge in [0.2, 0.25) is 0 Å². The third-order valence-corrected chi connectivity index (χ3v) is 6.40. The number of carbonyl (C=O) groups excluding carboxylic acids is 1.